The highest BCUT2D eigenvalue weighted by Gasteiger charge is 2.44. The van der Waals surface area contributed by atoms with E-state index < -0.39 is 27.5 Å². The van der Waals surface area contributed by atoms with Crippen LogP contribution in [-0.2, 0) is 36.0 Å². The van der Waals surface area contributed by atoms with E-state index in [9.17, 15) is 13.8 Å². The summed E-state index contributed by atoms with van der Waals surface area (Å²) in [6.45, 7) is 7.25. The monoisotopic (exact) mass is 684 g/mol. The number of carbonyl (C=O) groups is 2. The second kappa shape index (κ2) is 13.4. The molecule has 2 heterocycles. The molecule has 0 aromatic heterocycles. The van der Waals surface area contributed by atoms with Gasteiger partial charge in [-0.3, -0.25) is 4.79 Å². The number of nitrogens with one attached hydrogen (secondary N) is 2. The number of nitrogens with zero attached hydrogens (tertiary/aromatic N) is 2. The van der Waals surface area contributed by atoms with Gasteiger partial charge in [-0.1, -0.05) is 29.8 Å². The maximum atomic E-state index is 14.7. The SMILES string of the molecule is CCNC(=O)NS1(=O)=NC(=O)C(C)(C)OCC=C[C@H](OC)[C@@H]2CC[C@H]2CN2C[C@@]3(CCCc4cc(Cl)ccc43)COc3ccc1cc32. The van der Waals surface area contributed by atoms with Crippen molar-refractivity contribution in [3.05, 3.63) is 64.7 Å². The number of halogens is 1. The summed E-state index contributed by atoms with van der Waals surface area (Å²) in [5.41, 5.74) is 1.56. The third kappa shape index (κ3) is 6.77. The molecule has 2 aliphatic heterocycles. The number of anilines is 1. The summed E-state index contributed by atoms with van der Waals surface area (Å²) in [4.78, 5) is 28.9. The topological polar surface area (TPSA) is 119 Å². The number of carbonyl (C=O) groups excluding carboxylic acids is 2. The first kappa shape index (κ1) is 33.8. The first-order chi connectivity index (χ1) is 22.5. The van der Waals surface area contributed by atoms with E-state index in [2.05, 4.69) is 31.4 Å². The molecule has 5 atom stereocenters. The summed E-state index contributed by atoms with van der Waals surface area (Å²) in [6, 6.07) is 10.7. The molecule has 1 saturated carbocycles. The predicted octanol–water partition coefficient (Wildman–Crippen LogP) is 5.81. The Balaban J connectivity index is 1.50. The highest BCUT2D eigenvalue weighted by molar-refractivity contribution is 7.92. The van der Waals surface area contributed by atoms with Gasteiger partial charge < -0.3 is 24.4 Å². The van der Waals surface area contributed by atoms with Crippen LogP contribution in [0.1, 0.15) is 57.6 Å². The number of rotatable bonds is 3. The number of hydrogen-bond acceptors (Lipinski definition) is 7. The van der Waals surface area contributed by atoms with Crippen molar-refractivity contribution in [1.29, 1.82) is 0 Å². The molecule has 2 aliphatic carbocycles. The minimum atomic E-state index is -3.78. The fourth-order valence-corrected chi connectivity index (χ4v) is 9.15. The first-order valence-electron chi connectivity index (χ1n) is 16.5. The molecule has 2 bridgehead atoms. The molecule has 2 aromatic rings. The fourth-order valence-electron chi connectivity index (χ4n) is 7.39. The predicted molar refractivity (Wildman–Crippen MR) is 182 cm³/mol. The molecule has 10 nitrogen and oxygen atoms in total. The fraction of sp³-hybridized carbons (Fsp3) is 0.543. The number of aryl methyl sites for hydroxylation is 1. The number of hydrogen-bond donors (Lipinski definition) is 2. The van der Waals surface area contributed by atoms with E-state index in [4.69, 9.17) is 25.8 Å². The summed E-state index contributed by atoms with van der Waals surface area (Å²) >= 11 is 6.44. The smallest absolute Gasteiger partial charge is 0.327 e. The summed E-state index contributed by atoms with van der Waals surface area (Å²) in [5, 5.41) is 3.34. The molecular formula is C35H45ClN4O6S. The van der Waals surface area contributed by atoms with Crippen molar-refractivity contribution in [2.45, 2.75) is 74.9 Å². The van der Waals surface area contributed by atoms with Crippen molar-refractivity contribution in [3.8, 4) is 5.75 Å². The van der Waals surface area contributed by atoms with Crippen LogP contribution in [0, 0.1) is 11.8 Å². The van der Waals surface area contributed by atoms with Gasteiger partial charge in [-0.2, -0.15) is 0 Å². The Hall–Kier alpha value is -3.12. The maximum absolute atomic E-state index is 14.7. The quantitative estimate of drug-likeness (QED) is 0.392. The Kier molecular flexibility index (Phi) is 9.64. The second-order valence-corrected chi connectivity index (χ2v) is 15.9. The van der Waals surface area contributed by atoms with Crippen LogP contribution in [0.3, 0.4) is 0 Å². The molecule has 12 heteroatoms. The maximum Gasteiger partial charge on any atom is 0.327 e. The largest absolute Gasteiger partial charge is 0.490 e. The van der Waals surface area contributed by atoms with Crippen LogP contribution in [-0.4, -0.2) is 67.8 Å². The number of fused-ring (bicyclic) bond motifs is 4. The summed E-state index contributed by atoms with van der Waals surface area (Å²) < 4.78 is 39.9. The van der Waals surface area contributed by atoms with Crippen molar-refractivity contribution in [2.75, 3.05) is 44.9 Å². The molecular weight excluding hydrogens is 640 g/mol. The van der Waals surface area contributed by atoms with E-state index >= 15 is 0 Å². The van der Waals surface area contributed by atoms with Crippen LogP contribution >= 0.6 is 11.6 Å². The van der Waals surface area contributed by atoms with Crippen LogP contribution < -0.4 is 19.7 Å². The first-order valence-corrected chi connectivity index (χ1v) is 18.4. The average Bonchev–Trinajstić information content (AvgIpc) is 3.17. The van der Waals surface area contributed by atoms with Crippen molar-refractivity contribution in [2.24, 2.45) is 16.2 Å². The normalized spacial score (nSPS) is 30.1. The zero-order chi connectivity index (χ0) is 33.4. The lowest BCUT2D eigenvalue weighted by Gasteiger charge is -2.46. The molecule has 1 spiro atoms. The van der Waals surface area contributed by atoms with Gasteiger partial charge in [0, 0.05) is 37.2 Å². The van der Waals surface area contributed by atoms with Crippen LogP contribution in [0.2, 0.25) is 5.02 Å². The molecule has 0 radical (unpaired) electrons. The molecule has 1 unspecified atom stereocenters. The summed E-state index contributed by atoms with van der Waals surface area (Å²) in [6.07, 6.45) is 8.79. The zero-order valence-electron chi connectivity index (χ0n) is 27.6. The number of amides is 3. The van der Waals surface area contributed by atoms with E-state index in [0.717, 1.165) is 49.4 Å². The lowest BCUT2D eigenvalue weighted by atomic mass is 9.68. The molecule has 254 valence electrons. The van der Waals surface area contributed by atoms with Crippen LogP contribution in [0.15, 0.2) is 57.8 Å². The Bertz CT molecular complexity index is 1690. The van der Waals surface area contributed by atoms with Crippen LogP contribution in [0.5, 0.6) is 5.75 Å². The van der Waals surface area contributed by atoms with Gasteiger partial charge in [0.1, 0.15) is 11.4 Å². The molecule has 1 fully saturated rings. The molecule has 3 amide bonds. The Morgan fingerprint density at radius 3 is 2.79 bits per heavy atom. The van der Waals surface area contributed by atoms with Gasteiger partial charge >= 0.3 is 6.03 Å². The van der Waals surface area contributed by atoms with E-state index in [1.54, 1.807) is 46.1 Å². The Morgan fingerprint density at radius 1 is 1.21 bits per heavy atom. The molecule has 4 aliphatic rings. The molecule has 2 aromatic carbocycles. The van der Waals surface area contributed by atoms with Crippen molar-refractivity contribution < 1.29 is 28.0 Å². The number of methoxy groups -OCH3 is 1. The highest BCUT2D eigenvalue weighted by Crippen LogP contribution is 2.47. The molecule has 0 saturated heterocycles. The van der Waals surface area contributed by atoms with Gasteiger partial charge in [-0.15, -0.1) is 4.36 Å². The van der Waals surface area contributed by atoms with Crippen LogP contribution in [0.4, 0.5) is 10.5 Å². The summed E-state index contributed by atoms with van der Waals surface area (Å²) in [5.74, 6) is 0.531. The van der Waals surface area contributed by atoms with Gasteiger partial charge in [-0.05, 0) is 106 Å². The van der Waals surface area contributed by atoms with E-state index in [1.165, 1.54) is 11.1 Å². The minimum absolute atomic E-state index is 0.102. The Labute approximate surface area is 282 Å². The highest BCUT2D eigenvalue weighted by atomic mass is 35.5. The van der Waals surface area contributed by atoms with Crippen LogP contribution in [0.25, 0.3) is 0 Å². The average molecular weight is 685 g/mol. The van der Waals surface area contributed by atoms with Gasteiger partial charge in [0.05, 0.1) is 29.9 Å². The Morgan fingerprint density at radius 2 is 2.04 bits per heavy atom. The van der Waals surface area contributed by atoms with Gasteiger partial charge in [0.2, 0.25) is 0 Å². The summed E-state index contributed by atoms with van der Waals surface area (Å²) in [7, 11) is -2.05. The lowest BCUT2D eigenvalue weighted by Crippen LogP contribution is -2.49. The van der Waals surface area contributed by atoms with E-state index in [1.807, 2.05) is 18.2 Å². The van der Waals surface area contributed by atoms with Gasteiger partial charge in [-0.25, -0.2) is 13.7 Å². The standard InChI is InChI=1S/C35H45ClN4O6S/c1-5-37-33(42)39-47(43)26-12-15-31-29(19-26)40(21-35(22-45-31)16-6-8-23-18-25(36)11-14-28(23)35)20-24-10-13-27(24)30(44-4)9-7-17-46-34(2,3)32(41)38-47/h7,9,11-12,14-15,18-19,24,27,30H,5-6,8,10,13,16-17,20-22H2,1-4H3,(H2,37,38,39,41,42,43)/t24-,27+,30-,35-,47?/m0/s1. The lowest BCUT2D eigenvalue weighted by molar-refractivity contribution is -0.137. The minimum Gasteiger partial charge on any atom is -0.490 e. The zero-order valence-corrected chi connectivity index (χ0v) is 29.1. The van der Waals surface area contributed by atoms with Crippen molar-refractivity contribution in [1.82, 2.24) is 10.0 Å². The van der Waals surface area contributed by atoms with Gasteiger partial charge in [0.15, 0.2) is 9.92 Å². The third-order valence-electron chi connectivity index (χ3n) is 10.1. The molecule has 6 rings (SSSR count). The number of urea groups is 1. The van der Waals surface area contributed by atoms with Crippen molar-refractivity contribution in [3.63, 3.8) is 0 Å². The number of benzene rings is 2. The molecule has 47 heavy (non-hydrogen) atoms. The number of ether oxygens (including phenoxy) is 3. The van der Waals surface area contributed by atoms with Crippen molar-refractivity contribution >= 4 is 39.1 Å². The van der Waals surface area contributed by atoms with Gasteiger partial charge in [0.25, 0.3) is 5.91 Å². The second-order valence-electron chi connectivity index (χ2n) is 13.6. The molecule has 2 N–H and O–H groups in total. The van der Waals surface area contributed by atoms with E-state index in [0.29, 0.717) is 37.3 Å². The third-order valence-corrected chi connectivity index (χ3v) is 12.1. The van der Waals surface area contributed by atoms with E-state index in [-0.39, 0.29) is 23.0 Å².